The van der Waals surface area contributed by atoms with Crippen LogP contribution in [0.5, 0.6) is 0 Å². The van der Waals surface area contributed by atoms with Crippen molar-refractivity contribution in [2.24, 2.45) is 11.8 Å². The van der Waals surface area contributed by atoms with Gasteiger partial charge >= 0.3 is 5.97 Å². The third-order valence-electron chi connectivity index (χ3n) is 4.18. The predicted molar refractivity (Wildman–Crippen MR) is 76.1 cm³/mol. The first-order valence-electron chi connectivity index (χ1n) is 7.08. The van der Waals surface area contributed by atoms with E-state index >= 15 is 0 Å². The fraction of sp³-hybridized carbons (Fsp3) is 0.562. The molecule has 1 heterocycles. The fourth-order valence-corrected chi connectivity index (χ4v) is 2.94. The van der Waals surface area contributed by atoms with Gasteiger partial charge in [0.2, 0.25) is 0 Å². The largest absolute Gasteiger partial charge is 0.481 e. The fourth-order valence-electron chi connectivity index (χ4n) is 2.94. The first-order chi connectivity index (χ1) is 9.08. The molecule has 1 aromatic carbocycles. The summed E-state index contributed by atoms with van der Waals surface area (Å²) in [5.41, 5.74) is 1.25. The van der Waals surface area contributed by atoms with Crippen LogP contribution in [-0.4, -0.2) is 35.1 Å². The average Bonchev–Trinajstić information content (AvgIpc) is 2.39. The SMILES string of the molecule is CC(C)N1CCC(Cc2ccccc2)C(C(=O)O)C1. The van der Waals surface area contributed by atoms with Crippen LogP contribution in [0.15, 0.2) is 30.3 Å². The molecule has 0 aromatic heterocycles. The van der Waals surface area contributed by atoms with Crippen molar-refractivity contribution in [2.45, 2.75) is 32.7 Å². The standard InChI is InChI=1S/C16H23NO2/c1-12(2)17-9-8-14(15(11-17)16(18)19)10-13-6-4-3-5-7-13/h3-7,12,14-15H,8-11H2,1-2H3,(H,18,19). The van der Waals surface area contributed by atoms with Gasteiger partial charge in [0.25, 0.3) is 0 Å². The molecule has 2 atom stereocenters. The summed E-state index contributed by atoms with van der Waals surface area (Å²) in [6.45, 7) is 5.97. The average molecular weight is 261 g/mol. The Kier molecular flexibility index (Phi) is 4.59. The van der Waals surface area contributed by atoms with E-state index in [0.29, 0.717) is 12.6 Å². The third kappa shape index (κ3) is 3.57. The van der Waals surface area contributed by atoms with Crippen molar-refractivity contribution in [3.8, 4) is 0 Å². The van der Waals surface area contributed by atoms with E-state index in [1.54, 1.807) is 0 Å². The molecule has 0 radical (unpaired) electrons. The van der Waals surface area contributed by atoms with Crippen LogP contribution in [0.4, 0.5) is 0 Å². The molecule has 0 saturated carbocycles. The van der Waals surface area contributed by atoms with Gasteiger partial charge in [0.05, 0.1) is 5.92 Å². The molecular weight excluding hydrogens is 238 g/mol. The van der Waals surface area contributed by atoms with Gasteiger partial charge in [0.1, 0.15) is 0 Å². The lowest BCUT2D eigenvalue weighted by atomic mass is 9.81. The normalized spacial score (nSPS) is 24.6. The van der Waals surface area contributed by atoms with Gasteiger partial charge in [-0.15, -0.1) is 0 Å². The van der Waals surface area contributed by atoms with Gasteiger partial charge in [0.15, 0.2) is 0 Å². The number of hydrogen-bond donors (Lipinski definition) is 1. The molecule has 104 valence electrons. The minimum Gasteiger partial charge on any atom is -0.481 e. The number of aliphatic carboxylic acids is 1. The Morgan fingerprint density at radius 1 is 1.37 bits per heavy atom. The molecule has 19 heavy (non-hydrogen) atoms. The summed E-state index contributed by atoms with van der Waals surface area (Å²) < 4.78 is 0. The summed E-state index contributed by atoms with van der Waals surface area (Å²) in [6.07, 6.45) is 1.85. The Morgan fingerprint density at radius 3 is 2.63 bits per heavy atom. The maximum atomic E-state index is 11.5. The Labute approximate surface area is 115 Å². The van der Waals surface area contributed by atoms with Crippen molar-refractivity contribution in [3.63, 3.8) is 0 Å². The molecule has 1 fully saturated rings. The van der Waals surface area contributed by atoms with Crippen LogP contribution in [0.1, 0.15) is 25.8 Å². The summed E-state index contributed by atoms with van der Waals surface area (Å²) in [6, 6.07) is 10.7. The number of likely N-dealkylation sites (tertiary alicyclic amines) is 1. The monoisotopic (exact) mass is 261 g/mol. The molecule has 0 bridgehead atoms. The van der Waals surface area contributed by atoms with Gasteiger partial charge in [-0.2, -0.15) is 0 Å². The zero-order valence-electron chi connectivity index (χ0n) is 11.7. The Balaban J connectivity index is 2.05. The number of hydrogen-bond acceptors (Lipinski definition) is 2. The molecule has 1 aliphatic heterocycles. The van der Waals surface area contributed by atoms with Gasteiger partial charge in [-0.1, -0.05) is 30.3 Å². The number of carbonyl (C=O) groups is 1. The highest BCUT2D eigenvalue weighted by Crippen LogP contribution is 2.28. The van der Waals surface area contributed by atoms with E-state index in [1.165, 1.54) is 5.56 Å². The maximum Gasteiger partial charge on any atom is 0.308 e. The van der Waals surface area contributed by atoms with Crippen LogP contribution >= 0.6 is 0 Å². The molecule has 3 heteroatoms. The second kappa shape index (κ2) is 6.20. The van der Waals surface area contributed by atoms with E-state index in [9.17, 15) is 9.90 Å². The zero-order valence-corrected chi connectivity index (χ0v) is 11.7. The minimum atomic E-state index is -0.647. The van der Waals surface area contributed by atoms with Crippen molar-refractivity contribution in [2.75, 3.05) is 13.1 Å². The highest BCUT2D eigenvalue weighted by Gasteiger charge is 2.34. The van der Waals surface area contributed by atoms with E-state index in [2.05, 4.69) is 30.9 Å². The molecule has 1 N–H and O–H groups in total. The highest BCUT2D eigenvalue weighted by atomic mass is 16.4. The topological polar surface area (TPSA) is 40.5 Å². The van der Waals surface area contributed by atoms with Crippen LogP contribution in [0, 0.1) is 11.8 Å². The molecular formula is C16H23NO2. The van der Waals surface area contributed by atoms with Crippen molar-refractivity contribution < 1.29 is 9.90 Å². The van der Waals surface area contributed by atoms with Gasteiger partial charge in [-0.25, -0.2) is 0 Å². The summed E-state index contributed by atoms with van der Waals surface area (Å²) in [5, 5.41) is 9.46. The summed E-state index contributed by atoms with van der Waals surface area (Å²) in [4.78, 5) is 13.8. The first kappa shape index (κ1) is 14.1. The molecule has 1 saturated heterocycles. The second-order valence-electron chi connectivity index (χ2n) is 5.77. The number of carboxylic acids is 1. The molecule has 0 spiro atoms. The lowest BCUT2D eigenvalue weighted by molar-refractivity contribution is -0.146. The van der Waals surface area contributed by atoms with Crippen LogP contribution in [0.2, 0.25) is 0 Å². The van der Waals surface area contributed by atoms with Crippen LogP contribution < -0.4 is 0 Å². The summed E-state index contributed by atoms with van der Waals surface area (Å²) >= 11 is 0. The van der Waals surface area contributed by atoms with Crippen molar-refractivity contribution in [3.05, 3.63) is 35.9 Å². The lowest BCUT2D eigenvalue weighted by Crippen LogP contribution is -2.47. The van der Waals surface area contributed by atoms with E-state index in [0.717, 1.165) is 19.4 Å². The Morgan fingerprint density at radius 2 is 2.05 bits per heavy atom. The molecule has 0 amide bonds. The van der Waals surface area contributed by atoms with E-state index < -0.39 is 5.97 Å². The molecule has 2 rings (SSSR count). The molecule has 1 aromatic rings. The Hall–Kier alpha value is -1.35. The smallest absolute Gasteiger partial charge is 0.308 e. The summed E-state index contributed by atoms with van der Waals surface area (Å²) in [5.74, 6) is -0.627. The molecule has 3 nitrogen and oxygen atoms in total. The Bertz CT molecular complexity index is 416. The third-order valence-corrected chi connectivity index (χ3v) is 4.18. The van der Waals surface area contributed by atoms with E-state index in [4.69, 9.17) is 0 Å². The van der Waals surface area contributed by atoms with Crippen molar-refractivity contribution in [1.29, 1.82) is 0 Å². The number of benzene rings is 1. The van der Waals surface area contributed by atoms with Crippen LogP contribution in [-0.2, 0) is 11.2 Å². The quantitative estimate of drug-likeness (QED) is 0.906. The van der Waals surface area contributed by atoms with E-state index in [-0.39, 0.29) is 11.8 Å². The van der Waals surface area contributed by atoms with Crippen molar-refractivity contribution >= 4 is 5.97 Å². The second-order valence-corrected chi connectivity index (χ2v) is 5.77. The van der Waals surface area contributed by atoms with Gasteiger partial charge < -0.3 is 10.0 Å². The predicted octanol–water partition coefficient (Wildman–Crippen LogP) is 2.66. The van der Waals surface area contributed by atoms with Gasteiger partial charge in [-0.3, -0.25) is 4.79 Å². The van der Waals surface area contributed by atoms with Crippen LogP contribution in [0.25, 0.3) is 0 Å². The number of nitrogens with zero attached hydrogens (tertiary/aromatic N) is 1. The summed E-state index contributed by atoms with van der Waals surface area (Å²) in [7, 11) is 0. The first-order valence-corrected chi connectivity index (χ1v) is 7.08. The van der Waals surface area contributed by atoms with Crippen LogP contribution in [0.3, 0.4) is 0 Å². The zero-order chi connectivity index (χ0) is 13.8. The molecule has 0 aliphatic carbocycles. The molecule has 1 aliphatic rings. The molecule has 2 unspecified atom stereocenters. The van der Waals surface area contributed by atoms with Gasteiger partial charge in [-0.05, 0) is 44.7 Å². The number of carboxylic acid groups (broad SMARTS) is 1. The number of piperidine rings is 1. The number of rotatable bonds is 4. The minimum absolute atomic E-state index is 0.239. The van der Waals surface area contributed by atoms with Crippen molar-refractivity contribution in [1.82, 2.24) is 4.90 Å². The highest BCUT2D eigenvalue weighted by molar-refractivity contribution is 5.70. The van der Waals surface area contributed by atoms with E-state index in [1.807, 2.05) is 18.2 Å². The van der Waals surface area contributed by atoms with Gasteiger partial charge in [0, 0.05) is 12.6 Å². The lowest BCUT2D eigenvalue weighted by Gasteiger charge is -2.38. The maximum absolute atomic E-state index is 11.5.